The van der Waals surface area contributed by atoms with Gasteiger partial charge in [0.15, 0.2) is 0 Å². The Morgan fingerprint density at radius 3 is 2.33 bits per heavy atom. The van der Waals surface area contributed by atoms with Crippen LogP contribution >= 0.6 is 11.6 Å². The van der Waals surface area contributed by atoms with Crippen LogP contribution in [-0.4, -0.2) is 29.9 Å². The van der Waals surface area contributed by atoms with Crippen LogP contribution in [-0.2, 0) is 4.79 Å². The maximum absolute atomic E-state index is 12.8. The van der Waals surface area contributed by atoms with Gasteiger partial charge in [0.2, 0.25) is 5.91 Å². The molecule has 2 fully saturated rings. The van der Waals surface area contributed by atoms with Crippen molar-refractivity contribution in [2.75, 3.05) is 13.1 Å². The fourth-order valence-electron chi connectivity index (χ4n) is 3.52. The summed E-state index contributed by atoms with van der Waals surface area (Å²) in [6.07, 6.45) is 7.08. The molecule has 1 heterocycles. The zero-order valence-corrected chi connectivity index (χ0v) is 13.1. The molecule has 1 saturated carbocycles. The summed E-state index contributed by atoms with van der Waals surface area (Å²) in [6.45, 7) is 2.01. The standard InChI is InChI=1S/C17H23ClN2O/c18-14-9-7-13(8-10-14)16(20-11-3-4-12-20)17(21)19-15-5-1-2-6-15/h7-10,15-16H,1-6,11-12H2,(H,19,21). The first-order valence-corrected chi connectivity index (χ1v) is 8.42. The van der Waals surface area contributed by atoms with Gasteiger partial charge in [-0.25, -0.2) is 0 Å². The number of carbonyl (C=O) groups excluding carboxylic acids is 1. The van der Waals surface area contributed by atoms with Crippen LogP contribution in [0.3, 0.4) is 0 Å². The summed E-state index contributed by atoms with van der Waals surface area (Å²) < 4.78 is 0. The molecule has 0 radical (unpaired) electrons. The van der Waals surface area contributed by atoms with Crippen molar-refractivity contribution in [3.63, 3.8) is 0 Å². The van der Waals surface area contributed by atoms with Crippen molar-refractivity contribution in [1.82, 2.24) is 10.2 Å². The van der Waals surface area contributed by atoms with Crippen molar-refractivity contribution in [2.24, 2.45) is 0 Å². The smallest absolute Gasteiger partial charge is 0.242 e. The molecule has 114 valence electrons. The lowest BCUT2D eigenvalue weighted by molar-refractivity contribution is -0.127. The van der Waals surface area contributed by atoms with Crippen LogP contribution in [0.2, 0.25) is 5.02 Å². The predicted octanol–water partition coefficient (Wildman–Crippen LogP) is 3.54. The summed E-state index contributed by atoms with van der Waals surface area (Å²) in [5.74, 6) is 0.158. The lowest BCUT2D eigenvalue weighted by Crippen LogP contribution is -2.42. The molecule has 4 heteroatoms. The van der Waals surface area contributed by atoms with Crippen LogP contribution in [0.25, 0.3) is 0 Å². The summed E-state index contributed by atoms with van der Waals surface area (Å²) in [5, 5.41) is 3.97. The van der Waals surface area contributed by atoms with Crippen molar-refractivity contribution in [3.8, 4) is 0 Å². The van der Waals surface area contributed by atoms with E-state index < -0.39 is 0 Å². The van der Waals surface area contributed by atoms with E-state index in [9.17, 15) is 4.79 Å². The maximum atomic E-state index is 12.8. The Bertz CT molecular complexity index is 476. The number of benzene rings is 1. The average molecular weight is 307 g/mol. The molecule has 3 nitrogen and oxygen atoms in total. The molecule has 1 atom stereocenters. The quantitative estimate of drug-likeness (QED) is 0.923. The molecule has 1 aromatic rings. The van der Waals surface area contributed by atoms with Crippen LogP contribution in [0.4, 0.5) is 0 Å². The van der Waals surface area contributed by atoms with Gasteiger partial charge in [-0.1, -0.05) is 36.6 Å². The molecule has 0 aromatic heterocycles. The first kappa shape index (κ1) is 14.9. The Morgan fingerprint density at radius 2 is 1.71 bits per heavy atom. The summed E-state index contributed by atoms with van der Waals surface area (Å²) in [7, 11) is 0. The number of hydrogen-bond acceptors (Lipinski definition) is 2. The molecule has 0 bridgehead atoms. The molecular weight excluding hydrogens is 284 g/mol. The minimum absolute atomic E-state index is 0.158. The molecule has 2 aliphatic rings. The molecule has 1 aliphatic carbocycles. The van der Waals surface area contributed by atoms with Crippen LogP contribution in [0, 0.1) is 0 Å². The molecular formula is C17H23ClN2O. The third-order valence-electron chi connectivity index (χ3n) is 4.64. The van der Waals surface area contributed by atoms with E-state index in [1.807, 2.05) is 24.3 Å². The number of halogens is 1. The lowest BCUT2D eigenvalue weighted by Gasteiger charge is -2.28. The molecule has 1 aliphatic heterocycles. The third kappa shape index (κ3) is 3.58. The molecule has 1 N–H and O–H groups in total. The van der Waals surface area contributed by atoms with Gasteiger partial charge in [0, 0.05) is 11.1 Å². The van der Waals surface area contributed by atoms with E-state index in [2.05, 4.69) is 10.2 Å². The fourth-order valence-corrected chi connectivity index (χ4v) is 3.65. The van der Waals surface area contributed by atoms with Crippen molar-refractivity contribution < 1.29 is 4.79 Å². The van der Waals surface area contributed by atoms with Crippen LogP contribution < -0.4 is 5.32 Å². The maximum Gasteiger partial charge on any atom is 0.242 e. The van der Waals surface area contributed by atoms with Gasteiger partial charge in [0.05, 0.1) is 0 Å². The Hall–Kier alpha value is -1.06. The minimum atomic E-state index is -0.162. The van der Waals surface area contributed by atoms with Crippen molar-refractivity contribution in [3.05, 3.63) is 34.9 Å². The summed E-state index contributed by atoms with van der Waals surface area (Å²) in [5.41, 5.74) is 1.05. The van der Waals surface area contributed by atoms with Gasteiger partial charge in [-0.05, 0) is 56.5 Å². The van der Waals surface area contributed by atoms with Gasteiger partial charge in [-0.3, -0.25) is 9.69 Å². The Labute approximate surface area is 131 Å². The number of carbonyl (C=O) groups is 1. The molecule has 0 spiro atoms. The normalized spacial score (nSPS) is 21.6. The highest BCUT2D eigenvalue weighted by Gasteiger charge is 2.31. The van der Waals surface area contributed by atoms with Gasteiger partial charge in [-0.15, -0.1) is 0 Å². The summed E-state index contributed by atoms with van der Waals surface area (Å²) >= 11 is 5.98. The predicted molar refractivity (Wildman–Crippen MR) is 85.4 cm³/mol. The molecule has 1 saturated heterocycles. The number of rotatable bonds is 4. The molecule has 1 unspecified atom stereocenters. The molecule has 21 heavy (non-hydrogen) atoms. The topological polar surface area (TPSA) is 32.3 Å². The van der Waals surface area contributed by atoms with E-state index in [1.165, 1.54) is 25.7 Å². The zero-order valence-electron chi connectivity index (χ0n) is 12.4. The highest BCUT2D eigenvalue weighted by Crippen LogP contribution is 2.27. The molecule has 1 aromatic carbocycles. The number of likely N-dealkylation sites (tertiary alicyclic amines) is 1. The van der Waals surface area contributed by atoms with Crippen molar-refractivity contribution >= 4 is 17.5 Å². The van der Waals surface area contributed by atoms with E-state index in [4.69, 9.17) is 11.6 Å². The summed E-state index contributed by atoms with van der Waals surface area (Å²) in [6, 6.07) is 7.94. The zero-order chi connectivity index (χ0) is 14.7. The van der Waals surface area contributed by atoms with Crippen molar-refractivity contribution in [1.29, 1.82) is 0 Å². The van der Waals surface area contributed by atoms with Crippen LogP contribution in [0.1, 0.15) is 50.1 Å². The van der Waals surface area contributed by atoms with Gasteiger partial charge >= 0.3 is 0 Å². The number of nitrogens with one attached hydrogen (secondary N) is 1. The van der Waals surface area contributed by atoms with Gasteiger partial charge < -0.3 is 5.32 Å². The van der Waals surface area contributed by atoms with Crippen LogP contribution in [0.15, 0.2) is 24.3 Å². The number of nitrogens with zero attached hydrogens (tertiary/aromatic N) is 1. The average Bonchev–Trinajstić information content (AvgIpc) is 3.15. The van der Waals surface area contributed by atoms with E-state index in [1.54, 1.807) is 0 Å². The second-order valence-electron chi connectivity index (χ2n) is 6.19. The Kier molecular flexibility index (Phi) is 4.81. The second-order valence-corrected chi connectivity index (χ2v) is 6.62. The van der Waals surface area contributed by atoms with Crippen LogP contribution in [0.5, 0.6) is 0 Å². The first-order valence-electron chi connectivity index (χ1n) is 8.04. The van der Waals surface area contributed by atoms with E-state index in [0.29, 0.717) is 6.04 Å². The monoisotopic (exact) mass is 306 g/mol. The number of hydrogen-bond donors (Lipinski definition) is 1. The largest absolute Gasteiger partial charge is 0.352 e. The second kappa shape index (κ2) is 6.80. The lowest BCUT2D eigenvalue weighted by atomic mass is 10.0. The third-order valence-corrected chi connectivity index (χ3v) is 4.89. The minimum Gasteiger partial charge on any atom is -0.352 e. The number of amides is 1. The first-order chi connectivity index (χ1) is 10.2. The van der Waals surface area contributed by atoms with Crippen molar-refractivity contribution in [2.45, 2.75) is 50.6 Å². The summed E-state index contributed by atoms with van der Waals surface area (Å²) in [4.78, 5) is 15.1. The van der Waals surface area contributed by atoms with Gasteiger partial charge in [0.25, 0.3) is 0 Å². The van der Waals surface area contributed by atoms with E-state index in [-0.39, 0.29) is 11.9 Å². The van der Waals surface area contributed by atoms with Gasteiger partial charge in [-0.2, -0.15) is 0 Å². The van der Waals surface area contributed by atoms with E-state index >= 15 is 0 Å². The van der Waals surface area contributed by atoms with Gasteiger partial charge in [0.1, 0.15) is 6.04 Å². The Balaban J connectivity index is 1.77. The SMILES string of the molecule is O=C(NC1CCCC1)C(c1ccc(Cl)cc1)N1CCCC1. The Morgan fingerprint density at radius 1 is 1.10 bits per heavy atom. The highest BCUT2D eigenvalue weighted by atomic mass is 35.5. The molecule has 3 rings (SSSR count). The fraction of sp³-hybridized carbons (Fsp3) is 0.588. The van der Waals surface area contributed by atoms with E-state index in [0.717, 1.165) is 36.5 Å². The molecule has 1 amide bonds. The highest BCUT2D eigenvalue weighted by molar-refractivity contribution is 6.30.